The first-order valence-corrected chi connectivity index (χ1v) is 8.04. The molecule has 0 bridgehead atoms. The summed E-state index contributed by atoms with van der Waals surface area (Å²) in [4.78, 5) is 19.1. The number of rotatable bonds is 4. The first-order chi connectivity index (χ1) is 12.4. The highest BCUT2D eigenvalue weighted by Crippen LogP contribution is 2.32. The number of carbonyl (C=O) groups excluding carboxylic acids is 1. The Morgan fingerprint density at radius 3 is 2.50 bits per heavy atom. The van der Waals surface area contributed by atoms with Crippen LogP contribution in [0, 0.1) is 0 Å². The zero-order chi connectivity index (χ0) is 18.7. The molecule has 1 heterocycles. The van der Waals surface area contributed by atoms with Crippen LogP contribution >= 0.6 is 0 Å². The van der Waals surface area contributed by atoms with E-state index in [1.165, 1.54) is 30.1 Å². The van der Waals surface area contributed by atoms with Crippen LogP contribution in [0.5, 0.6) is 0 Å². The van der Waals surface area contributed by atoms with Crippen LogP contribution in [0.4, 0.5) is 13.2 Å². The Balaban J connectivity index is 1.68. The number of nitrogens with zero attached hydrogens (tertiary/aromatic N) is 2. The Bertz CT molecular complexity index is 819. The van der Waals surface area contributed by atoms with Gasteiger partial charge in [-0.15, -0.1) is 0 Å². The van der Waals surface area contributed by atoms with Crippen LogP contribution in [0.2, 0.25) is 0 Å². The molecule has 1 aliphatic rings. The first kappa shape index (κ1) is 18.0. The van der Waals surface area contributed by atoms with Gasteiger partial charge < -0.3 is 9.74 Å². The van der Waals surface area contributed by atoms with Gasteiger partial charge in [0.15, 0.2) is 6.10 Å². The maximum atomic E-state index is 13.1. The lowest BCUT2D eigenvalue weighted by Gasteiger charge is -2.20. The Kier molecular flexibility index (Phi) is 4.97. The maximum absolute atomic E-state index is 13.1. The summed E-state index contributed by atoms with van der Waals surface area (Å²) < 4.78 is 39.3. The minimum absolute atomic E-state index is 0.0370. The Hall–Kier alpha value is -2.83. The largest absolute Gasteiger partial charge is 0.416 e. The van der Waals surface area contributed by atoms with Crippen LogP contribution in [0.1, 0.15) is 29.2 Å². The van der Waals surface area contributed by atoms with Gasteiger partial charge >= 0.3 is 6.18 Å². The number of oxime groups is 1. The summed E-state index contributed by atoms with van der Waals surface area (Å²) in [6, 6.07) is 14.6. The quantitative estimate of drug-likeness (QED) is 0.819. The van der Waals surface area contributed by atoms with E-state index in [4.69, 9.17) is 4.84 Å². The minimum Gasteiger partial charge on any atom is -0.387 e. The lowest BCUT2D eigenvalue weighted by molar-refractivity contribution is -0.139. The summed E-state index contributed by atoms with van der Waals surface area (Å²) in [5, 5.41) is 3.83. The molecule has 136 valence electrons. The van der Waals surface area contributed by atoms with E-state index in [0.29, 0.717) is 0 Å². The normalized spacial score (nSPS) is 16.8. The molecular formula is C19H17F3N2O2. The summed E-state index contributed by atoms with van der Waals surface area (Å²) >= 11 is 0. The van der Waals surface area contributed by atoms with Crippen molar-refractivity contribution in [2.45, 2.75) is 25.2 Å². The fraction of sp³-hybridized carbons (Fsp3) is 0.263. The van der Waals surface area contributed by atoms with E-state index in [1.807, 2.05) is 30.3 Å². The predicted molar refractivity (Wildman–Crippen MR) is 90.2 cm³/mol. The number of hydrogen-bond acceptors (Lipinski definition) is 3. The summed E-state index contributed by atoms with van der Waals surface area (Å²) in [5.41, 5.74) is 0.386. The van der Waals surface area contributed by atoms with Gasteiger partial charge in [-0.25, -0.2) is 0 Å². The lowest BCUT2D eigenvalue weighted by Crippen LogP contribution is -2.33. The van der Waals surface area contributed by atoms with Crippen LogP contribution in [0.25, 0.3) is 0 Å². The molecule has 3 rings (SSSR count). The Labute approximate surface area is 148 Å². The lowest BCUT2D eigenvalue weighted by atomic mass is 10.0. The van der Waals surface area contributed by atoms with Crippen molar-refractivity contribution in [3.63, 3.8) is 0 Å². The average molecular weight is 362 g/mol. The highest BCUT2D eigenvalue weighted by Gasteiger charge is 2.34. The third kappa shape index (κ3) is 3.87. The molecule has 0 saturated heterocycles. The second-order valence-corrected chi connectivity index (χ2v) is 6.06. The maximum Gasteiger partial charge on any atom is 0.416 e. The highest BCUT2D eigenvalue weighted by atomic mass is 19.4. The number of benzene rings is 2. The first-order valence-electron chi connectivity index (χ1n) is 8.04. The van der Waals surface area contributed by atoms with Gasteiger partial charge in [-0.05, 0) is 17.2 Å². The molecule has 1 amide bonds. The molecule has 1 unspecified atom stereocenters. The van der Waals surface area contributed by atoms with E-state index in [-0.39, 0.29) is 30.3 Å². The Morgan fingerprint density at radius 1 is 1.15 bits per heavy atom. The van der Waals surface area contributed by atoms with E-state index < -0.39 is 17.6 Å². The molecule has 1 atom stereocenters. The number of halogens is 3. The van der Waals surface area contributed by atoms with E-state index in [9.17, 15) is 18.0 Å². The second kappa shape index (κ2) is 7.19. The second-order valence-electron chi connectivity index (χ2n) is 6.06. The molecule has 0 spiro atoms. The fourth-order valence-corrected chi connectivity index (χ4v) is 2.83. The summed E-state index contributed by atoms with van der Waals surface area (Å²) in [7, 11) is 1.45. The molecule has 0 N–H and O–H groups in total. The van der Waals surface area contributed by atoms with Crippen LogP contribution in [-0.2, 0) is 22.4 Å². The van der Waals surface area contributed by atoms with Crippen LogP contribution in [0.15, 0.2) is 59.8 Å². The molecule has 4 nitrogen and oxygen atoms in total. The zero-order valence-corrected chi connectivity index (χ0v) is 14.0. The number of hydrogen-bond donors (Lipinski definition) is 0. The van der Waals surface area contributed by atoms with Crippen molar-refractivity contribution in [2.75, 3.05) is 7.05 Å². The van der Waals surface area contributed by atoms with Gasteiger partial charge in [0.2, 0.25) is 0 Å². The van der Waals surface area contributed by atoms with Gasteiger partial charge in [0.25, 0.3) is 5.91 Å². The van der Waals surface area contributed by atoms with Crippen molar-refractivity contribution in [3.05, 3.63) is 71.3 Å². The highest BCUT2D eigenvalue weighted by molar-refractivity contribution is 6.38. The smallest absolute Gasteiger partial charge is 0.387 e. The molecule has 0 aliphatic carbocycles. The molecule has 0 saturated carbocycles. The summed E-state index contributed by atoms with van der Waals surface area (Å²) in [5.74, 6) is -0.444. The third-order valence-electron chi connectivity index (χ3n) is 4.16. The standard InChI is InChI=1S/C19H17F3N2O2/c1-24(12-14-9-5-6-10-15(14)19(20,21)22)18(25)16-11-17(26-23-16)13-7-3-2-4-8-13/h2-10,17H,11-12H2,1H3. The molecule has 7 heteroatoms. The van der Waals surface area contributed by atoms with Crippen molar-refractivity contribution in [1.82, 2.24) is 4.90 Å². The van der Waals surface area contributed by atoms with Crippen molar-refractivity contribution in [3.8, 4) is 0 Å². The van der Waals surface area contributed by atoms with Crippen LogP contribution in [0.3, 0.4) is 0 Å². The molecule has 0 fully saturated rings. The predicted octanol–water partition coefficient (Wildman–Crippen LogP) is 4.18. The average Bonchev–Trinajstić information content (AvgIpc) is 3.11. The van der Waals surface area contributed by atoms with Gasteiger partial charge in [-0.1, -0.05) is 53.7 Å². The fourth-order valence-electron chi connectivity index (χ4n) is 2.83. The SMILES string of the molecule is CN(Cc1ccccc1C(F)(F)F)C(=O)C1=NOC(c2ccccc2)C1. The monoisotopic (exact) mass is 362 g/mol. The van der Waals surface area contributed by atoms with E-state index >= 15 is 0 Å². The zero-order valence-electron chi connectivity index (χ0n) is 14.0. The molecular weight excluding hydrogens is 345 g/mol. The van der Waals surface area contributed by atoms with Gasteiger partial charge in [0.05, 0.1) is 5.56 Å². The van der Waals surface area contributed by atoms with E-state index in [1.54, 1.807) is 0 Å². The van der Waals surface area contributed by atoms with Gasteiger partial charge in [0.1, 0.15) is 5.71 Å². The Morgan fingerprint density at radius 2 is 1.81 bits per heavy atom. The van der Waals surface area contributed by atoms with Crippen molar-refractivity contribution >= 4 is 11.6 Å². The molecule has 0 radical (unpaired) electrons. The van der Waals surface area contributed by atoms with Gasteiger partial charge in [0, 0.05) is 20.0 Å². The minimum atomic E-state index is -4.47. The summed E-state index contributed by atoms with van der Waals surface area (Å²) in [6.45, 7) is -0.163. The molecule has 0 aromatic heterocycles. The molecule has 1 aliphatic heterocycles. The van der Waals surface area contributed by atoms with Crippen molar-refractivity contribution in [2.24, 2.45) is 5.16 Å². The molecule has 26 heavy (non-hydrogen) atoms. The number of carbonyl (C=O) groups is 1. The topological polar surface area (TPSA) is 41.9 Å². The number of amides is 1. The summed E-state index contributed by atoms with van der Waals surface area (Å²) in [6.07, 6.45) is -4.54. The van der Waals surface area contributed by atoms with E-state index in [2.05, 4.69) is 5.16 Å². The third-order valence-corrected chi connectivity index (χ3v) is 4.16. The van der Waals surface area contributed by atoms with Crippen LogP contribution < -0.4 is 0 Å². The van der Waals surface area contributed by atoms with Crippen LogP contribution in [-0.4, -0.2) is 23.6 Å². The van der Waals surface area contributed by atoms with Crippen molar-refractivity contribution in [1.29, 1.82) is 0 Å². The van der Waals surface area contributed by atoms with Crippen molar-refractivity contribution < 1.29 is 22.8 Å². The number of alkyl halides is 3. The molecule has 2 aromatic rings. The van der Waals surface area contributed by atoms with E-state index in [0.717, 1.165) is 11.6 Å². The van der Waals surface area contributed by atoms with Gasteiger partial charge in [-0.3, -0.25) is 4.79 Å². The van der Waals surface area contributed by atoms with Gasteiger partial charge in [-0.2, -0.15) is 13.2 Å². The molecule has 2 aromatic carbocycles.